The van der Waals surface area contributed by atoms with Crippen LogP contribution in [0.15, 0.2) is 24.8 Å². The summed E-state index contributed by atoms with van der Waals surface area (Å²) in [6.07, 6.45) is 7.84. The monoisotopic (exact) mass is 288 g/mol. The number of thiophene rings is 1. The molecule has 106 valence electrons. The number of rotatable bonds is 3. The van der Waals surface area contributed by atoms with Crippen LogP contribution in [-0.2, 0) is 0 Å². The second kappa shape index (κ2) is 5.69. The average Bonchev–Trinajstić information content (AvgIpc) is 2.79. The van der Waals surface area contributed by atoms with Gasteiger partial charge in [-0.3, -0.25) is 0 Å². The van der Waals surface area contributed by atoms with Crippen LogP contribution < -0.4 is 0 Å². The molecule has 1 aliphatic rings. The largest absolute Gasteiger partial charge is 0.206 e. The van der Waals surface area contributed by atoms with Gasteiger partial charge in [-0.1, -0.05) is 44.7 Å². The highest BCUT2D eigenvalue weighted by molar-refractivity contribution is 7.20. The predicted molar refractivity (Wildman–Crippen MR) is 86.7 cm³/mol. The fourth-order valence-electron chi connectivity index (χ4n) is 3.42. The van der Waals surface area contributed by atoms with Gasteiger partial charge < -0.3 is 0 Å². The average molecular weight is 288 g/mol. The van der Waals surface area contributed by atoms with Gasteiger partial charge in [0.15, 0.2) is 0 Å². The first-order valence-electron chi connectivity index (χ1n) is 7.52. The number of halogens is 1. The molecule has 0 spiro atoms. The second-order valence-corrected chi connectivity index (χ2v) is 7.03. The summed E-state index contributed by atoms with van der Waals surface area (Å²) >= 11 is 1.70. The van der Waals surface area contributed by atoms with Crippen molar-refractivity contribution in [1.29, 1.82) is 0 Å². The van der Waals surface area contributed by atoms with E-state index in [1.165, 1.54) is 42.6 Å². The van der Waals surface area contributed by atoms with Gasteiger partial charge >= 0.3 is 0 Å². The third kappa shape index (κ3) is 2.54. The SMILES string of the molecule is C=C(CC1CCCCC1)c1sc2cccc(F)c2c1C. The van der Waals surface area contributed by atoms with Gasteiger partial charge in [-0.15, -0.1) is 11.3 Å². The first-order chi connectivity index (χ1) is 9.66. The van der Waals surface area contributed by atoms with E-state index in [0.717, 1.165) is 28.0 Å². The van der Waals surface area contributed by atoms with Gasteiger partial charge in [-0.25, -0.2) is 4.39 Å². The smallest absolute Gasteiger partial charge is 0.132 e. The van der Waals surface area contributed by atoms with Crippen LogP contribution >= 0.6 is 11.3 Å². The lowest BCUT2D eigenvalue weighted by Crippen LogP contribution is -2.06. The molecule has 3 rings (SSSR count). The maximum atomic E-state index is 14.0. The fourth-order valence-corrected chi connectivity index (χ4v) is 4.63. The zero-order valence-corrected chi connectivity index (χ0v) is 12.9. The molecule has 1 heterocycles. The first kappa shape index (κ1) is 13.8. The molecule has 2 heteroatoms. The van der Waals surface area contributed by atoms with Crippen LogP contribution in [0.3, 0.4) is 0 Å². The Morgan fingerprint density at radius 1 is 1.30 bits per heavy atom. The minimum atomic E-state index is -0.104. The van der Waals surface area contributed by atoms with Crippen LogP contribution in [0.5, 0.6) is 0 Å². The molecule has 20 heavy (non-hydrogen) atoms. The third-order valence-electron chi connectivity index (χ3n) is 4.48. The van der Waals surface area contributed by atoms with Crippen molar-refractivity contribution in [2.24, 2.45) is 5.92 Å². The molecule has 1 saturated carbocycles. The lowest BCUT2D eigenvalue weighted by atomic mass is 9.84. The minimum Gasteiger partial charge on any atom is -0.206 e. The van der Waals surface area contributed by atoms with Gasteiger partial charge in [0.05, 0.1) is 0 Å². The zero-order valence-electron chi connectivity index (χ0n) is 12.0. The molecule has 1 aliphatic carbocycles. The lowest BCUT2D eigenvalue weighted by Gasteiger charge is -2.22. The fraction of sp³-hybridized carbons (Fsp3) is 0.444. The van der Waals surface area contributed by atoms with Crippen LogP contribution in [-0.4, -0.2) is 0 Å². The molecule has 0 saturated heterocycles. The summed E-state index contributed by atoms with van der Waals surface area (Å²) in [6.45, 7) is 6.32. The van der Waals surface area contributed by atoms with Crippen molar-refractivity contribution in [3.63, 3.8) is 0 Å². The predicted octanol–water partition coefficient (Wildman–Crippen LogP) is 6.33. The van der Waals surface area contributed by atoms with E-state index in [1.54, 1.807) is 23.5 Å². The summed E-state index contributed by atoms with van der Waals surface area (Å²) in [4.78, 5) is 1.20. The number of allylic oxidation sites excluding steroid dienone is 1. The van der Waals surface area contributed by atoms with Crippen LogP contribution in [0.4, 0.5) is 4.39 Å². The molecule has 0 atom stereocenters. The minimum absolute atomic E-state index is 0.104. The van der Waals surface area contributed by atoms with Crippen molar-refractivity contribution in [1.82, 2.24) is 0 Å². The Morgan fingerprint density at radius 3 is 2.75 bits per heavy atom. The number of fused-ring (bicyclic) bond motifs is 1. The Labute approximate surface area is 124 Å². The van der Waals surface area contributed by atoms with Crippen molar-refractivity contribution >= 4 is 27.0 Å². The van der Waals surface area contributed by atoms with E-state index >= 15 is 0 Å². The molecule has 0 N–H and O–H groups in total. The number of aryl methyl sites for hydroxylation is 1. The quantitative estimate of drug-likeness (QED) is 0.619. The molecule has 0 unspecified atom stereocenters. The summed E-state index contributed by atoms with van der Waals surface area (Å²) in [5.74, 6) is 0.679. The van der Waals surface area contributed by atoms with Crippen LogP contribution in [0.1, 0.15) is 49.0 Å². The summed E-state index contributed by atoms with van der Waals surface area (Å²) in [5, 5.41) is 0.789. The molecular formula is C18H21FS. The lowest BCUT2D eigenvalue weighted by molar-refractivity contribution is 0.365. The van der Waals surface area contributed by atoms with Crippen LogP contribution in [0.2, 0.25) is 0 Å². The van der Waals surface area contributed by atoms with Gasteiger partial charge in [-0.05, 0) is 42.5 Å². The molecule has 1 fully saturated rings. The maximum absolute atomic E-state index is 14.0. The highest BCUT2D eigenvalue weighted by atomic mass is 32.1. The van der Waals surface area contributed by atoms with Crippen molar-refractivity contribution in [2.45, 2.75) is 45.4 Å². The molecular weight excluding hydrogens is 267 g/mol. The Morgan fingerprint density at radius 2 is 2.05 bits per heavy atom. The molecule has 1 aromatic carbocycles. The van der Waals surface area contributed by atoms with E-state index < -0.39 is 0 Å². The van der Waals surface area contributed by atoms with Gasteiger partial charge in [0.2, 0.25) is 0 Å². The zero-order chi connectivity index (χ0) is 14.1. The van der Waals surface area contributed by atoms with E-state index in [9.17, 15) is 4.39 Å². The molecule has 0 amide bonds. The Bertz CT molecular complexity index is 632. The van der Waals surface area contributed by atoms with Gasteiger partial charge in [0, 0.05) is 15.0 Å². The summed E-state index contributed by atoms with van der Waals surface area (Å²) in [7, 11) is 0. The van der Waals surface area contributed by atoms with Crippen molar-refractivity contribution in [3.05, 3.63) is 41.0 Å². The molecule has 0 aliphatic heterocycles. The van der Waals surface area contributed by atoms with Crippen LogP contribution in [0.25, 0.3) is 15.7 Å². The van der Waals surface area contributed by atoms with Crippen molar-refractivity contribution < 1.29 is 4.39 Å². The third-order valence-corrected chi connectivity index (χ3v) is 5.84. The summed E-state index contributed by atoms with van der Waals surface area (Å²) in [6, 6.07) is 5.35. The Balaban J connectivity index is 1.87. The van der Waals surface area contributed by atoms with Gasteiger partial charge in [0.1, 0.15) is 5.82 Å². The molecule has 0 radical (unpaired) electrons. The van der Waals surface area contributed by atoms with Crippen molar-refractivity contribution in [3.8, 4) is 0 Å². The summed E-state index contributed by atoms with van der Waals surface area (Å²) in [5.41, 5.74) is 2.28. The number of hydrogen-bond acceptors (Lipinski definition) is 1. The van der Waals surface area contributed by atoms with Crippen LogP contribution in [0, 0.1) is 18.7 Å². The Hall–Kier alpha value is -1.15. The first-order valence-corrected chi connectivity index (χ1v) is 8.34. The highest BCUT2D eigenvalue weighted by Gasteiger charge is 2.18. The van der Waals surface area contributed by atoms with E-state index in [4.69, 9.17) is 0 Å². The van der Waals surface area contributed by atoms with E-state index in [2.05, 4.69) is 6.58 Å². The van der Waals surface area contributed by atoms with Gasteiger partial charge in [0.25, 0.3) is 0 Å². The maximum Gasteiger partial charge on any atom is 0.132 e. The Kier molecular flexibility index (Phi) is 3.93. The highest BCUT2D eigenvalue weighted by Crippen LogP contribution is 2.39. The molecule has 0 bridgehead atoms. The topological polar surface area (TPSA) is 0 Å². The molecule has 2 aromatic rings. The molecule has 0 nitrogen and oxygen atoms in total. The number of hydrogen-bond donors (Lipinski definition) is 0. The number of benzene rings is 1. The summed E-state index contributed by atoms with van der Waals surface area (Å²) < 4.78 is 15.0. The van der Waals surface area contributed by atoms with E-state index in [0.29, 0.717) is 0 Å². The normalized spacial score (nSPS) is 16.7. The van der Waals surface area contributed by atoms with Crippen molar-refractivity contribution in [2.75, 3.05) is 0 Å². The molecule has 1 aromatic heterocycles. The van der Waals surface area contributed by atoms with E-state index in [-0.39, 0.29) is 5.82 Å². The van der Waals surface area contributed by atoms with E-state index in [1.807, 2.05) is 13.0 Å². The standard InChI is InChI=1S/C18H21FS/c1-12(11-14-7-4-3-5-8-14)18-13(2)17-15(19)9-6-10-16(17)20-18/h6,9-10,14H,1,3-5,7-8,11H2,2H3. The second-order valence-electron chi connectivity index (χ2n) is 5.98. The van der Waals surface area contributed by atoms with Gasteiger partial charge in [-0.2, -0.15) is 0 Å².